The highest BCUT2D eigenvalue weighted by molar-refractivity contribution is 8.00. The van der Waals surface area contributed by atoms with Crippen LogP contribution in [0.25, 0.3) is 0 Å². The van der Waals surface area contributed by atoms with Crippen LogP contribution < -0.4 is 0 Å². The predicted molar refractivity (Wildman–Crippen MR) is 35.7 cm³/mol. The second kappa shape index (κ2) is 2.08. The van der Waals surface area contributed by atoms with Gasteiger partial charge < -0.3 is 0 Å². The molecule has 1 fully saturated rings. The van der Waals surface area contributed by atoms with E-state index in [0.717, 1.165) is 10.5 Å². The second-order valence-electron chi connectivity index (χ2n) is 2.38. The third-order valence-electron chi connectivity index (χ3n) is 0.989. The highest BCUT2D eigenvalue weighted by Crippen LogP contribution is 2.36. The van der Waals surface area contributed by atoms with Crippen molar-refractivity contribution in [2.75, 3.05) is 0 Å². The fourth-order valence-electron chi connectivity index (χ4n) is 0.589. The van der Waals surface area contributed by atoms with Crippen LogP contribution in [-0.4, -0.2) is 10.5 Å². The Hall–Kier alpha value is 0.350. The van der Waals surface area contributed by atoms with E-state index in [-0.39, 0.29) is 0 Å². The third-order valence-corrected chi connectivity index (χ3v) is 2.39. The lowest BCUT2D eigenvalue weighted by atomic mass is 10.6. The van der Waals surface area contributed by atoms with Crippen LogP contribution in [0.4, 0.5) is 0 Å². The van der Waals surface area contributed by atoms with Gasteiger partial charge in [-0.1, -0.05) is 13.8 Å². The molecule has 0 N–H and O–H groups in total. The molecule has 42 valence electrons. The number of rotatable bonds is 2. The number of thioether (sulfide) groups is 1. The quantitative estimate of drug-likeness (QED) is 0.533. The van der Waals surface area contributed by atoms with E-state index in [1.807, 2.05) is 0 Å². The first-order chi connectivity index (χ1) is 3.29. The molecule has 0 aliphatic heterocycles. The van der Waals surface area contributed by atoms with Gasteiger partial charge in [0.15, 0.2) is 0 Å². The average Bonchev–Trinajstić information content (AvgIpc) is 2.17. The topological polar surface area (TPSA) is 0 Å². The molecule has 0 heterocycles. The summed E-state index contributed by atoms with van der Waals surface area (Å²) in [7, 11) is 0. The number of hydrogen-bond acceptors (Lipinski definition) is 1. The van der Waals surface area contributed by atoms with Gasteiger partial charge in [-0.2, -0.15) is 11.8 Å². The molecule has 1 heteroatoms. The molecule has 0 atom stereocenters. The van der Waals surface area contributed by atoms with Crippen LogP contribution in [0.15, 0.2) is 0 Å². The molecule has 0 spiro atoms. The van der Waals surface area contributed by atoms with Gasteiger partial charge >= 0.3 is 0 Å². The molecule has 0 aromatic rings. The third kappa shape index (κ3) is 2.22. The number of hydrogen-bond donors (Lipinski definition) is 0. The zero-order chi connectivity index (χ0) is 5.28. The molecule has 0 bridgehead atoms. The fraction of sp³-hybridized carbons (Fsp3) is 1.00. The maximum atomic E-state index is 2.27. The van der Waals surface area contributed by atoms with E-state index in [0.29, 0.717) is 0 Å². The summed E-state index contributed by atoms with van der Waals surface area (Å²) in [4.78, 5) is 0. The van der Waals surface area contributed by atoms with Gasteiger partial charge in [-0.15, -0.1) is 0 Å². The second-order valence-corrected chi connectivity index (χ2v) is 4.27. The van der Waals surface area contributed by atoms with E-state index in [4.69, 9.17) is 0 Å². The van der Waals surface area contributed by atoms with E-state index in [1.165, 1.54) is 12.8 Å². The molecule has 7 heavy (non-hydrogen) atoms. The summed E-state index contributed by atoms with van der Waals surface area (Å²) in [6.45, 7) is 4.53. The zero-order valence-corrected chi connectivity index (χ0v) is 5.79. The molecule has 0 unspecified atom stereocenters. The molecule has 1 aliphatic carbocycles. The zero-order valence-electron chi connectivity index (χ0n) is 4.98. The molecule has 0 saturated heterocycles. The fourth-order valence-corrected chi connectivity index (χ4v) is 1.77. The smallest absolute Gasteiger partial charge is 0.00504 e. The normalized spacial score (nSPS) is 21.0. The Kier molecular flexibility index (Phi) is 1.63. The van der Waals surface area contributed by atoms with Crippen molar-refractivity contribution in [2.45, 2.75) is 37.2 Å². The molecule has 1 rings (SSSR count). The predicted octanol–water partition coefficient (Wildman–Crippen LogP) is 2.29. The Morgan fingerprint density at radius 3 is 2.14 bits per heavy atom. The van der Waals surface area contributed by atoms with E-state index < -0.39 is 0 Å². The van der Waals surface area contributed by atoms with Crippen molar-refractivity contribution in [3.8, 4) is 0 Å². The van der Waals surface area contributed by atoms with Crippen LogP contribution in [-0.2, 0) is 0 Å². The van der Waals surface area contributed by atoms with Crippen LogP contribution >= 0.6 is 11.8 Å². The van der Waals surface area contributed by atoms with Gasteiger partial charge in [0.25, 0.3) is 0 Å². The SMILES string of the molecule is CC(C)SC1CC1. The van der Waals surface area contributed by atoms with E-state index in [1.54, 1.807) is 0 Å². The van der Waals surface area contributed by atoms with Crippen molar-refractivity contribution in [2.24, 2.45) is 0 Å². The van der Waals surface area contributed by atoms with Gasteiger partial charge in [0.2, 0.25) is 0 Å². The summed E-state index contributed by atoms with van der Waals surface area (Å²) in [5.41, 5.74) is 0. The molecule has 0 aromatic heterocycles. The van der Waals surface area contributed by atoms with Gasteiger partial charge in [0.1, 0.15) is 0 Å². The lowest BCUT2D eigenvalue weighted by molar-refractivity contribution is 1.11. The molecule has 1 aliphatic rings. The van der Waals surface area contributed by atoms with Gasteiger partial charge in [-0.25, -0.2) is 0 Å². The van der Waals surface area contributed by atoms with Crippen molar-refractivity contribution >= 4 is 11.8 Å². The van der Waals surface area contributed by atoms with Crippen LogP contribution in [0.2, 0.25) is 0 Å². The van der Waals surface area contributed by atoms with Crippen molar-refractivity contribution in [3.05, 3.63) is 0 Å². The van der Waals surface area contributed by atoms with Crippen LogP contribution in [0.1, 0.15) is 26.7 Å². The first-order valence-corrected chi connectivity index (χ1v) is 3.89. The minimum Gasteiger partial charge on any atom is -0.156 e. The Labute approximate surface area is 49.7 Å². The lowest BCUT2D eigenvalue weighted by Gasteiger charge is -1.98. The molecule has 0 aromatic carbocycles. The standard InChI is InChI=1S/C6H12S/c1-5(2)7-6-3-4-6/h5-6H,3-4H2,1-2H3. The van der Waals surface area contributed by atoms with Gasteiger partial charge in [0, 0.05) is 5.25 Å². The van der Waals surface area contributed by atoms with Crippen molar-refractivity contribution in [3.63, 3.8) is 0 Å². The largest absolute Gasteiger partial charge is 0.156 e. The average molecular weight is 116 g/mol. The first-order valence-electron chi connectivity index (χ1n) is 2.94. The highest BCUT2D eigenvalue weighted by Gasteiger charge is 2.22. The molecule has 1 saturated carbocycles. The summed E-state index contributed by atoms with van der Waals surface area (Å²) < 4.78 is 0. The Morgan fingerprint density at radius 2 is 2.00 bits per heavy atom. The maximum absolute atomic E-state index is 2.27. The minimum absolute atomic E-state index is 0.854. The molecular weight excluding hydrogens is 104 g/mol. The van der Waals surface area contributed by atoms with Crippen LogP contribution in [0.5, 0.6) is 0 Å². The van der Waals surface area contributed by atoms with Crippen molar-refractivity contribution in [1.82, 2.24) is 0 Å². The highest BCUT2D eigenvalue weighted by atomic mass is 32.2. The van der Waals surface area contributed by atoms with Crippen LogP contribution in [0.3, 0.4) is 0 Å². The lowest BCUT2D eigenvalue weighted by Crippen LogP contribution is -1.86. The monoisotopic (exact) mass is 116 g/mol. The van der Waals surface area contributed by atoms with Gasteiger partial charge in [0.05, 0.1) is 0 Å². The minimum atomic E-state index is 0.854. The van der Waals surface area contributed by atoms with Crippen molar-refractivity contribution < 1.29 is 0 Å². The summed E-state index contributed by atoms with van der Waals surface area (Å²) in [5, 5.41) is 1.90. The first kappa shape index (κ1) is 5.49. The van der Waals surface area contributed by atoms with E-state index in [9.17, 15) is 0 Å². The summed E-state index contributed by atoms with van der Waals surface area (Å²) in [5.74, 6) is 0. The molecule has 0 radical (unpaired) electrons. The Morgan fingerprint density at radius 1 is 1.43 bits per heavy atom. The summed E-state index contributed by atoms with van der Waals surface area (Å²) in [6, 6.07) is 0. The Bertz CT molecular complexity index is 55.2. The molecular formula is C6H12S. The van der Waals surface area contributed by atoms with Gasteiger partial charge in [-0.3, -0.25) is 0 Å². The van der Waals surface area contributed by atoms with E-state index >= 15 is 0 Å². The summed E-state index contributed by atoms with van der Waals surface area (Å²) >= 11 is 2.12. The summed E-state index contributed by atoms with van der Waals surface area (Å²) in [6.07, 6.45) is 2.95. The molecule has 0 amide bonds. The van der Waals surface area contributed by atoms with Crippen molar-refractivity contribution in [1.29, 1.82) is 0 Å². The van der Waals surface area contributed by atoms with Crippen LogP contribution in [0, 0.1) is 0 Å². The maximum Gasteiger partial charge on any atom is 0.00504 e. The Balaban J connectivity index is 1.97. The van der Waals surface area contributed by atoms with Gasteiger partial charge in [-0.05, 0) is 18.1 Å². The van der Waals surface area contributed by atoms with E-state index in [2.05, 4.69) is 25.6 Å². The molecule has 0 nitrogen and oxygen atoms in total.